The molecule has 31 heavy (non-hydrogen) atoms. The van der Waals surface area contributed by atoms with Gasteiger partial charge in [0.15, 0.2) is 0 Å². The van der Waals surface area contributed by atoms with Gasteiger partial charge in [-0.05, 0) is 43.9 Å². The SMILES string of the molecule is O=C(CN(c1cccc([N+](=O)[O-])c1)S(=O)(=O)c1ccccc1)NN=C1CCCCCC1. The highest BCUT2D eigenvalue weighted by Crippen LogP contribution is 2.26. The summed E-state index contributed by atoms with van der Waals surface area (Å²) in [5.41, 5.74) is 3.09. The monoisotopic (exact) mass is 444 g/mol. The minimum atomic E-state index is -4.14. The predicted octanol–water partition coefficient (Wildman–Crippen LogP) is 3.62. The van der Waals surface area contributed by atoms with Crippen LogP contribution in [0.15, 0.2) is 64.6 Å². The van der Waals surface area contributed by atoms with Crippen LogP contribution in [0.4, 0.5) is 11.4 Å². The summed E-state index contributed by atoms with van der Waals surface area (Å²) < 4.78 is 27.3. The Morgan fingerprint density at radius 1 is 1.03 bits per heavy atom. The Morgan fingerprint density at radius 2 is 1.71 bits per heavy atom. The van der Waals surface area contributed by atoms with Crippen LogP contribution < -0.4 is 9.73 Å². The molecule has 164 valence electrons. The highest BCUT2D eigenvalue weighted by molar-refractivity contribution is 7.92. The Morgan fingerprint density at radius 3 is 2.35 bits per heavy atom. The average Bonchev–Trinajstić information content (AvgIpc) is 3.05. The molecule has 2 aromatic carbocycles. The Bertz CT molecular complexity index is 1060. The first-order chi connectivity index (χ1) is 14.9. The molecule has 0 bridgehead atoms. The van der Waals surface area contributed by atoms with Gasteiger partial charge in [0.2, 0.25) is 0 Å². The maximum absolute atomic E-state index is 13.2. The molecule has 0 atom stereocenters. The Kier molecular flexibility index (Phi) is 7.35. The Balaban J connectivity index is 1.89. The first-order valence-corrected chi connectivity index (χ1v) is 11.5. The van der Waals surface area contributed by atoms with E-state index in [0.29, 0.717) is 0 Å². The van der Waals surface area contributed by atoms with E-state index >= 15 is 0 Å². The van der Waals surface area contributed by atoms with Crippen molar-refractivity contribution in [2.45, 2.75) is 43.4 Å². The van der Waals surface area contributed by atoms with Crippen molar-refractivity contribution in [1.29, 1.82) is 0 Å². The van der Waals surface area contributed by atoms with E-state index in [4.69, 9.17) is 0 Å². The normalized spacial score (nSPS) is 14.4. The third-order valence-electron chi connectivity index (χ3n) is 4.97. The van der Waals surface area contributed by atoms with E-state index in [2.05, 4.69) is 10.5 Å². The summed E-state index contributed by atoms with van der Waals surface area (Å²) in [5, 5.41) is 15.3. The van der Waals surface area contributed by atoms with Crippen LogP contribution >= 0.6 is 0 Å². The van der Waals surface area contributed by atoms with E-state index < -0.39 is 27.4 Å². The van der Waals surface area contributed by atoms with E-state index in [1.165, 1.54) is 30.3 Å². The van der Waals surface area contributed by atoms with Crippen molar-refractivity contribution in [3.05, 3.63) is 64.7 Å². The number of anilines is 1. The number of non-ortho nitro benzene ring substituents is 1. The lowest BCUT2D eigenvalue weighted by Gasteiger charge is -2.23. The first-order valence-electron chi connectivity index (χ1n) is 10.0. The van der Waals surface area contributed by atoms with Gasteiger partial charge < -0.3 is 0 Å². The summed E-state index contributed by atoms with van der Waals surface area (Å²) in [6, 6.07) is 12.8. The van der Waals surface area contributed by atoms with Crippen LogP contribution in [0.5, 0.6) is 0 Å². The number of sulfonamides is 1. The first kappa shape index (κ1) is 22.4. The van der Waals surface area contributed by atoms with Gasteiger partial charge in [0.25, 0.3) is 21.6 Å². The number of amides is 1. The van der Waals surface area contributed by atoms with Gasteiger partial charge in [0, 0.05) is 17.8 Å². The zero-order valence-corrected chi connectivity index (χ0v) is 17.8. The van der Waals surface area contributed by atoms with Crippen LogP contribution in [0, 0.1) is 10.1 Å². The second-order valence-corrected chi connectivity index (χ2v) is 9.09. The highest BCUT2D eigenvalue weighted by Gasteiger charge is 2.28. The predicted molar refractivity (Wildman–Crippen MR) is 117 cm³/mol. The number of hydrazone groups is 1. The molecule has 1 fully saturated rings. The average molecular weight is 445 g/mol. The third kappa shape index (κ3) is 5.88. The quantitative estimate of drug-likeness (QED) is 0.397. The van der Waals surface area contributed by atoms with Gasteiger partial charge in [-0.15, -0.1) is 0 Å². The molecule has 1 aliphatic rings. The molecule has 1 aliphatic carbocycles. The van der Waals surface area contributed by atoms with Gasteiger partial charge in [-0.1, -0.05) is 37.1 Å². The molecule has 0 aliphatic heterocycles. The number of hydrogen-bond donors (Lipinski definition) is 1. The maximum atomic E-state index is 13.2. The molecule has 0 radical (unpaired) electrons. The molecule has 0 unspecified atom stereocenters. The van der Waals surface area contributed by atoms with Crippen LogP contribution in [0.3, 0.4) is 0 Å². The Labute approximate surface area is 181 Å². The van der Waals surface area contributed by atoms with Crippen molar-refractivity contribution in [2.75, 3.05) is 10.8 Å². The van der Waals surface area contributed by atoms with Gasteiger partial charge in [0.05, 0.1) is 15.5 Å². The molecule has 0 heterocycles. The van der Waals surface area contributed by atoms with E-state index in [-0.39, 0.29) is 16.3 Å². The standard InChI is InChI=1S/C21H24N4O5S/c26-21(23-22-17-9-4-1-2-5-10-17)16-24(18-11-8-12-19(15-18)25(27)28)31(29,30)20-13-6-3-7-14-20/h3,6-8,11-15H,1-2,4-5,9-10,16H2,(H,23,26). The fraction of sp³-hybridized carbons (Fsp3) is 0.333. The minimum absolute atomic E-state index is 0.0234. The summed E-state index contributed by atoms with van der Waals surface area (Å²) >= 11 is 0. The molecule has 1 N–H and O–H groups in total. The number of hydrogen-bond acceptors (Lipinski definition) is 6. The van der Waals surface area contributed by atoms with Crippen molar-refractivity contribution < 1.29 is 18.1 Å². The number of rotatable bonds is 7. The van der Waals surface area contributed by atoms with E-state index in [1.54, 1.807) is 18.2 Å². The lowest BCUT2D eigenvalue weighted by molar-refractivity contribution is -0.384. The maximum Gasteiger partial charge on any atom is 0.271 e. The molecule has 10 heteroatoms. The summed E-state index contributed by atoms with van der Waals surface area (Å²) in [5.74, 6) is -0.622. The van der Waals surface area contributed by atoms with Gasteiger partial charge >= 0.3 is 0 Å². The van der Waals surface area contributed by atoms with E-state index in [9.17, 15) is 23.3 Å². The number of benzene rings is 2. The molecule has 3 rings (SSSR count). The van der Waals surface area contributed by atoms with Gasteiger partial charge in [0.1, 0.15) is 6.54 Å². The van der Waals surface area contributed by atoms with Crippen molar-refractivity contribution in [2.24, 2.45) is 5.10 Å². The number of nitro groups is 1. The van der Waals surface area contributed by atoms with Crippen LogP contribution in [-0.2, 0) is 14.8 Å². The second kappa shape index (κ2) is 10.2. The molecule has 0 spiro atoms. The number of nitro benzene ring substituents is 1. The smallest absolute Gasteiger partial charge is 0.271 e. The molecule has 0 aromatic heterocycles. The molecule has 1 amide bonds. The minimum Gasteiger partial charge on any atom is -0.271 e. The topological polar surface area (TPSA) is 122 Å². The lowest BCUT2D eigenvalue weighted by Crippen LogP contribution is -2.39. The highest BCUT2D eigenvalue weighted by atomic mass is 32.2. The molecular formula is C21H24N4O5S. The van der Waals surface area contributed by atoms with Crippen LogP contribution in [0.1, 0.15) is 38.5 Å². The van der Waals surface area contributed by atoms with Crippen molar-refractivity contribution in [3.63, 3.8) is 0 Å². The number of carbonyl (C=O) groups excluding carboxylic acids is 1. The van der Waals surface area contributed by atoms with Crippen LogP contribution in [-0.4, -0.2) is 31.5 Å². The van der Waals surface area contributed by atoms with Crippen molar-refractivity contribution in [3.8, 4) is 0 Å². The van der Waals surface area contributed by atoms with Gasteiger partial charge in [-0.2, -0.15) is 5.10 Å². The summed E-state index contributed by atoms with van der Waals surface area (Å²) in [7, 11) is -4.14. The summed E-state index contributed by atoms with van der Waals surface area (Å²) in [6.45, 7) is -0.560. The second-order valence-electron chi connectivity index (χ2n) is 7.23. The van der Waals surface area contributed by atoms with Crippen LogP contribution in [0.2, 0.25) is 0 Å². The zero-order chi connectivity index (χ0) is 22.3. The number of carbonyl (C=O) groups is 1. The van der Waals surface area contributed by atoms with Crippen LogP contribution in [0.25, 0.3) is 0 Å². The van der Waals surface area contributed by atoms with Gasteiger partial charge in [-0.3, -0.25) is 19.2 Å². The van der Waals surface area contributed by atoms with Gasteiger partial charge in [-0.25, -0.2) is 13.8 Å². The van der Waals surface area contributed by atoms with E-state index in [0.717, 1.165) is 54.6 Å². The summed E-state index contributed by atoms with van der Waals surface area (Å²) in [4.78, 5) is 23.1. The fourth-order valence-corrected chi connectivity index (χ4v) is 4.79. The largest absolute Gasteiger partial charge is 0.271 e. The number of nitrogens with zero attached hydrogens (tertiary/aromatic N) is 3. The molecular weight excluding hydrogens is 420 g/mol. The lowest BCUT2D eigenvalue weighted by atomic mass is 10.2. The Hall–Kier alpha value is -3.27. The third-order valence-corrected chi connectivity index (χ3v) is 6.75. The molecule has 1 saturated carbocycles. The fourth-order valence-electron chi connectivity index (χ4n) is 3.35. The zero-order valence-electron chi connectivity index (χ0n) is 16.9. The summed E-state index contributed by atoms with van der Waals surface area (Å²) in [6.07, 6.45) is 5.88. The molecule has 9 nitrogen and oxygen atoms in total. The van der Waals surface area contributed by atoms with Crippen molar-refractivity contribution >= 4 is 33.0 Å². The molecule has 2 aromatic rings. The van der Waals surface area contributed by atoms with E-state index in [1.807, 2.05) is 0 Å². The number of nitrogens with one attached hydrogen (secondary N) is 1. The molecule has 0 saturated heterocycles. The van der Waals surface area contributed by atoms with Crippen molar-refractivity contribution in [1.82, 2.24) is 5.43 Å².